The van der Waals surface area contributed by atoms with E-state index < -0.39 is 0 Å². The van der Waals surface area contributed by atoms with Crippen molar-refractivity contribution >= 4 is 26.7 Å². The monoisotopic (exact) mass is 292 g/mol. The Hall–Kier alpha value is -1.16. The van der Waals surface area contributed by atoms with E-state index >= 15 is 0 Å². The van der Waals surface area contributed by atoms with Crippen LogP contribution in [0.25, 0.3) is 10.2 Å². The van der Waals surface area contributed by atoms with E-state index in [9.17, 15) is 4.39 Å². The third kappa shape index (κ3) is 2.80. The molecule has 0 saturated heterocycles. The smallest absolute Gasteiger partial charge is 0.184 e. The van der Waals surface area contributed by atoms with E-state index in [1.165, 1.54) is 31.7 Å². The van der Waals surface area contributed by atoms with Crippen LogP contribution in [0, 0.1) is 17.7 Å². The predicted molar refractivity (Wildman–Crippen MR) is 83.8 cm³/mol. The fraction of sp³-hybridized carbons (Fsp3) is 0.562. The van der Waals surface area contributed by atoms with E-state index in [2.05, 4.69) is 24.1 Å². The first-order valence-corrected chi connectivity index (χ1v) is 8.28. The Morgan fingerprint density at radius 1 is 1.30 bits per heavy atom. The van der Waals surface area contributed by atoms with Gasteiger partial charge in [0.25, 0.3) is 0 Å². The molecule has 1 N–H and O–H groups in total. The van der Waals surface area contributed by atoms with Crippen LogP contribution >= 0.6 is 11.3 Å². The predicted octanol–water partition coefficient (Wildman–Crippen LogP) is 5.06. The molecule has 1 saturated carbocycles. The number of nitrogens with one attached hydrogen (secondary N) is 1. The van der Waals surface area contributed by atoms with Gasteiger partial charge in [0.1, 0.15) is 5.82 Å². The quantitative estimate of drug-likeness (QED) is 0.855. The van der Waals surface area contributed by atoms with Crippen molar-refractivity contribution in [3.63, 3.8) is 0 Å². The SMILES string of the molecule is CC(C)C1CCCCC1Nc1nc2ccc(F)cc2s1. The molecule has 1 aliphatic rings. The molecule has 1 aromatic heterocycles. The fourth-order valence-electron chi connectivity index (χ4n) is 3.26. The van der Waals surface area contributed by atoms with Crippen molar-refractivity contribution < 1.29 is 4.39 Å². The second-order valence-corrected chi connectivity index (χ2v) is 7.10. The zero-order chi connectivity index (χ0) is 14.1. The first-order chi connectivity index (χ1) is 9.63. The Balaban J connectivity index is 1.80. The van der Waals surface area contributed by atoms with Crippen molar-refractivity contribution in [2.24, 2.45) is 11.8 Å². The molecule has 1 heterocycles. The van der Waals surface area contributed by atoms with E-state index in [1.54, 1.807) is 23.5 Å². The first-order valence-electron chi connectivity index (χ1n) is 7.46. The van der Waals surface area contributed by atoms with Gasteiger partial charge in [-0.15, -0.1) is 0 Å². The van der Waals surface area contributed by atoms with Crippen LogP contribution in [0.15, 0.2) is 18.2 Å². The number of halogens is 1. The molecular formula is C16H21FN2S. The van der Waals surface area contributed by atoms with Gasteiger partial charge in [-0.05, 0) is 42.9 Å². The third-order valence-corrected chi connectivity index (χ3v) is 5.28. The average Bonchev–Trinajstić information content (AvgIpc) is 2.80. The topological polar surface area (TPSA) is 24.9 Å². The van der Waals surface area contributed by atoms with Crippen LogP contribution in [-0.4, -0.2) is 11.0 Å². The van der Waals surface area contributed by atoms with Crippen molar-refractivity contribution in [1.82, 2.24) is 4.98 Å². The van der Waals surface area contributed by atoms with Crippen molar-refractivity contribution in [2.45, 2.75) is 45.6 Å². The largest absolute Gasteiger partial charge is 0.358 e. The summed E-state index contributed by atoms with van der Waals surface area (Å²) < 4.78 is 14.2. The van der Waals surface area contributed by atoms with Crippen LogP contribution in [0.5, 0.6) is 0 Å². The molecule has 0 radical (unpaired) electrons. The van der Waals surface area contributed by atoms with Crippen LogP contribution in [0.1, 0.15) is 39.5 Å². The van der Waals surface area contributed by atoms with Crippen molar-refractivity contribution in [1.29, 1.82) is 0 Å². The number of rotatable bonds is 3. The van der Waals surface area contributed by atoms with Gasteiger partial charge < -0.3 is 5.32 Å². The van der Waals surface area contributed by atoms with Gasteiger partial charge >= 0.3 is 0 Å². The molecule has 108 valence electrons. The maximum absolute atomic E-state index is 13.2. The standard InChI is InChI=1S/C16H21FN2S/c1-10(2)12-5-3-4-6-13(12)18-16-19-14-8-7-11(17)9-15(14)20-16/h7-10,12-13H,3-6H2,1-2H3,(H,18,19). The summed E-state index contributed by atoms with van der Waals surface area (Å²) in [5.74, 6) is 1.22. The molecule has 4 heteroatoms. The highest BCUT2D eigenvalue weighted by molar-refractivity contribution is 7.22. The van der Waals surface area contributed by atoms with Crippen molar-refractivity contribution in [3.05, 3.63) is 24.0 Å². The Bertz CT molecular complexity index is 593. The number of aromatic nitrogens is 1. The van der Waals surface area contributed by atoms with Crippen LogP contribution < -0.4 is 5.32 Å². The summed E-state index contributed by atoms with van der Waals surface area (Å²) in [5, 5.41) is 4.54. The first kappa shape index (κ1) is 13.8. The molecule has 2 unspecified atom stereocenters. The van der Waals surface area contributed by atoms with Crippen molar-refractivity contribution in [2.75, 3.05) is 5.32 Å². The van der Waals surface area contributed by atoms with Gasteiger partial charge in [0.15, 0.2) is 5.13 Å². The molecule has 0 aliphatic heterocycles. The number of hydrogen-bond donors (Lipinski definition) is 1. The van der Waals surface area contributed by atoms with E-state index in [0.29, 0.717) is 17.9 Å². The number of fused-ring (bicyclic) bond motifs is 1. The fourth-order valence-corrected chi connectivity index (χ4v) is 4.21. The van der Waals surface area contributed by atoms with Gasteiger partial charge in [0.05, 0.1) is 10.2 Å². The van der Waals surface area contributed by atoms with Crippen LogP contribution in [-0.2, 0) is 0 Å². The number of hydrogen-bond acceptors (Lipinski definition) is 3. The summed E-state index contributed by atoms with van der Waals surface area (Å²) in [7, 11) is 0. The molecule has 1 aliphatic carbocycles. The highest BCUT2D eigenvalue weighted by Crippen LogP contribution is 2.34. The highest BCUT2D eigenvalue weighted by atomic mass is 32.1. The molecular weight excluding hydrogens is 271 g/mol. The lowest BCUT2D eigenvalue weighted by atomic mass is 9.78. The molecule has 0 amide bonds. The van der Waals surface area contributed by atoms with Gasteiger partial charge in [0.2, 0.25) is 0 Å². The number of benzene rings is 1. The summed E-state index contributed by atoms with van der Waals surface area (Å²) in [6.45, 7) is 4.61. The molecule has 1 aromatic carbocycles. The van der Waals surface area contributed by atoms with Crippen LogP contribution in [0.2, 0.25) is 0 Å². The summed E-state index contributed by atoms with van der Waals surface area (Å²) in [5.41, 5.74) is 0.885. The maximum Gasteiger partial charge on any atom is 0.184 e. The minimum Gasteiger partial charge on any atom is -0.358 e. The summed E-state index contributed by atoms with van der Waals surface area (Å²) in [6, 6.07) is 5.31. The minimum absolute atomic E-state index is 0.189. The Labute approximate surface area is 123 Å². The summed E-state index contributed by atoms with van der Waals surface area (Å²) in [6.07, 6.45) is 5.15. The van der Waals surface area contributed by atoms with E-state index in [-0.39, 0.29) is 5.82 Å². The number of nitrogens with zero attached hydrogens (tertiary/aromatic N) is 1. The molecule has 2 atom stereocenters. The Kier molecular flexibility index (Phi) is 3.92. The zero-order valence-electron chi connectivity index (χ0n) is 12.0. The Morgan fingerprint density at radius 2 is 2.10 bits per heavy atom. The lowest BCUT2D eigenvalue weighted by Crippen LogP contribution is -2.35. The van der Waals surface area contributed by atoms with E-state index in [4.69, 9.17) is 0 Å². The second-order valence-electron chi connectivity index (χ2n) is 6.07. The molecule has 20 heavy (non-hydrogen) atoms. The molecule has 2 aromatic rings. The lowest BCUT2D eigenvalue weighted by Gasteiger charge is -2.34. The van der Waals surface area contributed by atoms with Crippen LogP contribution in [0.4, 0.5) is 9.52 Å². The van der Waals surface area contributed by atoms with Crippen molar-refractivity contribution in [3.8, 4) is 0 Å². The zero-order valence-corrected chi connectivity index (χ0v) is 12.8. The third-order valence-electron chi connectivity index (χ3n) is 4.34. The molecule has 2 nitrogen and oxygen atoms in total. The minimum atomic E-state index is -0.189. The molecule has 1 fully saturated rings. The average molecular weight is 292 g/mol. The number of anilines is 1. The van der Waals surface area contributed by atoms with E-state index in [0.717, 1.165) is 15.3 Å². The van der Waals surface area contributed by atoms with Gasteiger partial charge in [0, 0.05) is 6.04 Å². The second kappa shape index (κ2) is 5.68. The summed E-state index contributed by atoms with van der Waals surface area (Å²) >= 11 is 1.56. The molecule has 0 spiro atoms. The lowest BCUT2D eigenvalue weighted by molar-refractivity contribution is 0.254. The highest BCUT2D eigenvalue weighted by Gasteiger charge is 2.28. The molecule has 0 bridgehead atoms. The van der Waals surface area contributed by atoms with Gasteiger partial charge in [-0.1, -0.05) is 38.0 Å². The normalized spacial score (nSPS) is 23.4. The van der Waals surface area contributed by atoms with Gasteiger partial charge in [-0.25, -0.2) is 9.37 Å². The Morgan fingerprint density at radius 3 is 2.90 bits per heavy atom. The summed E-state index contributed by atoms with van der Waals surface area (Å²) in [4.78, 5) is 4.58. The maximum atomic E-state index is 13.2. The van der Waals surface area contributed by atoms with Gasteiger partial charge in [-0.3, -0.25) is 0 Å². The van der Waals surface area contributed by atoms with Gasteiger partial charge in [-0.2, -0.15) is 0 Å². The molecule has 3 rings (SSSR count). The number of thiazole rings is 1. The van der Waals surface area contributed by atoms with E-state index in [1.807, 2.05) is 0 Å². The van der Waals surface area contributed by atoms with Crippen LogP contribution in [0.3, 0.4) is 0 Å².